The number of nitrogens with zero attached hydrogens (tertiary/aromatic N) is 2. The van der Waals surface area contributed by atoms with Crippen LogP contribution < -0.4 is 10.6 Å². The fourth-order valence-electron chi connectivity index (χ4n) is 5.19. The lowest BCUT2D eigenvalue weighted by atomic mass is 9.95. The van der Waals surface area contributed by atoms with Crippen LogP contribution in [-0.2, 0) is 19.1 Å². The molecule has 1 unspecified atom stereocenters. The minimum absolute atomic E-state index is 0.00421. The molecule has 0 radical (unpaired) electrons. The number of hydrogen-bond donors (Lipinski definition) is 3. The Hall–Kier alpha value is -3.92. The molecule has 0 bridgehead atoms. The maximum Gasteiger partial charge on any atom is 0.411 e. The third kappa shape index (κ3) is 9.04. The van der Waals surface area contributed by atoms with Crippen LogP contribution in [0.1, 0.15) is 66.0 Å². The first-order valence-electron chi connectivity index (χ1n) is 14.4. The Bertz CT molecular complexity index is 1300. The molecule has 2 aromatic carbocycles. The van der Waals surface area contributed by atoms with Gasteiger partial charge in [0.05, 0.1) is 0 Å². The highest BCUT2D eigenvalue weighted by Crippen LogP contribution is 2.31. The van der Waals surface area contributed by atoms with Gasteiger partial charge in [0.15, 0.2) is 0 Å². The average molecular weight is 581 g/mol. The number of amides is 3. The molecule has 1 atom stereocenters. The van der Waals surface area contributed by atoms with E-state index in [4.69, 9.17) is 9.84 Å². The van der Waals surface area contributed by atoms with Crippen LogP contribution in [0.25, 0.3) is 10.8 Å². The van der Waals surface area contributed by atoms with Crippen LogP contribution in [0.15, 0.2) is 54.6 Å². The normalized spacial score (nSPS) is 15.8. The van der Waals surface area contributed by atoms with Gasteiger partial charge in [0.2, 0.25) is 11.8 Å². The number of fused-ring (bicyclic) bond motifs is 1. The fourth-order valence-corrected chi connectivity index (χ4v) is 5.19. The molecule has 3 N–H and O–H groups in total. The van der Waals surface area contributed by atoms with E-state index < -0.39 is 35.0 Å². The van der Waals surface area contributed by atoms with Crippen LogP contribution in [0.5, 0.6) is 0 Å². The number of ether oxygens (including phenoxy) is 1. The van der Waals surface area contributed by atoms with Crippen molar-refractivity contribution >= 4 is 34.6 Å². The minimum Gasteiger partial charge on any atom is -0.478 e. The van der Waals surface area contributed by atoms with Gasteiger partial charge in [-0.05, 0) is 70.7 Å². The summed E-state index contributed by atoms with van der Waals surface area (Å²) in [6.07, 6.45) is 3.00. The molecule has 3 amide bonds. The number of rotatable bonds is 10. The molecular weight excluding hydrogens is 536 g/mol. The second-order valence-corrected chi connectivity index (χ2v) is 12.2. The van der Waals surface area contributed by atoms with Crippen molar-refractivity contribution in [3.05, 3.63) is 60.2 Å². The number of carboxylic acids is 1. The summed E-state index contributed by atoms with van der Waals surface area (Å²) in [7, 11) is 0. The lowest BCUT2D eigenvalue weighted by Crippen LogP contribution is -2.58. The summed E-state index contributed by atoms with van der Waals surface area (Å²) in [6, 6.07) is 14.7. The Morgan fingerprint density at radius 2 is 1.69 bits per heavy atom. The molecule has 1 aliphatic heterocycles. The molecule has 1 fully saturated rings. The van der Waals surface area contributed by atoms with Gasteiger partial charge in [0.25, 0.3) is 0 Å². The fraction of sp³-hybridized carbons (Fsp3) is 0.500. The summed E-state index contributed by atoms with van der Waals surface area (Å²) in [4.78, 5) is 53.6. The topological polar surface area (TPSA) is 128 Å². The van der Waals surface area contributed by atoms with E-state index >= 15 is 0 Å². The van der Waals surface area contributed by atoms with Crippen molar-refractivity contribution in [2.45, 2.75) is 77.6 Å². The number of hydrogen-bond acceptors (Lipinski definition) is 6. The lowest BCUT2D eigenvalue weighted by molar-refractivity contribution is -0.133. The molecule has 10 heteroatoms. The minimum atomic E-state index is -1.29. The van der Waals surface area contributed by atoms with Gasteiger partial charge < -0.3 is 20.5 Å². The molecule has 0 aliphatic carbocycles. The predicted molar refractivity (Wildman–Crippen MR) is 162 cm³/mol. The highest BCUT2D eigenvalue weighted by atomic mass is 16.6. The predicted octanol–water partition coefficient (Wildman–Crippen LogP) is 4.25. The molecule has 3 rings (SSSR count). The third-order valence-electron chi connectivity index (χ3n) is 7.36. The standard InChI is InChI=1S/C32H44N4O6/c1-22(25-14-9-12-23-11-7-8-13-26(23)25)35-19-16-24(17-20-35)36(30(41)42-31(2,3)4)21-27(37)34-32(5,6)29(40)33-18-10-15-28(38)39/h7-15,22,24H,16-21H2,1-6H3,(H,33,40)(H,34,37)(H,38,39)/b15-10+. The van der Waals surface area contributed by atoms with E-state index in [0.29, 0.717) is 12.8 Å². The van der Waals surface area contributed by atoms with Crippen LogP contribution in [-0.4, -0.2) is 82.1 Å². The molecule has 2 aromatic rings. The van der Waals surface area contributed by atoms with E-state index in [1.54, 1.807) is 34.6 Å². The van der Waals surface area contributed by atoms with Gasteiger partial charge in [-0.15, -0.1) is 0 Å². The first kappa shape index (κ1) is 32.6. The Kier molecular flexibility index (Phi) is 10.7. The van der Waals surface area contributed by atoms with Crippen molar-refractivity contribution in [2.75, 3.05) is 26.2 Å². The first-order chi connectivity index (χ1) is 19.7. The SMILES string of the molecule is CC(c1cccc2ccccc12)N1CCC(N(CC(=O)NC(C)(C)C(=O)NC/C=C/C(=O)O)C(=O)OC(C)(C)C)CC1. The van der Waals surface area contributed by atoms with Gasteiger partial charge in [0, 0.05) is 37.8 Å². The second-order valence-electron chi connectivity index (χ2n) is 12.2. The molecule has 0 saturated carbocycles. The van der Waals surface area contributed by atoms with E-state index in [1.165, 1.54) is 27.3 Å². The van der Waals surface area contributed by atoms with Gasteiger partial charge in [-0.1, -0.05) is 48.5 Å². The van der Waals surface area contributed by atoms with Gasteiger partial charge in [-0.25, -0.2) is 9.59 Å². The number of likely N-dealkylation sites (tertiary alicyclic amines) is 1. The van der Waals surface area contributed by atoms with E-state index in [9.17, 15) is 19.2 Å². The maximum absolute atomic E-state index is 13.3. The Morgan fingerprint density at radius 3 is 2.33 bits per heavy atom. The van der Waals surface area contributed by atoms with Crippen molar-refractivity contribution in [3.8, 4) is 0 Å². The quantitative estimate of drug-likeness (QED) is 0.359. The van der Waals surface area contributed by atoms with Crippen molar-refractivity contribution in [1.82, 2.24) is 20.4 Å². The van der Waals surface area contributed by atoms with Gasteiger partial charge in [-0.3, -0.25) is 19.4 Å². The summed E-state index contributed by atoms with van der Waals surface area (Å²) in [5, 5.41) is 16.4. The highest BCUT2D eigenvalue weighted by molar-refractivity contribution is 5.92. The Balaban J connectivity index is 1.67. The smallest absolute Gasteiger partial charge is 0.411 e. The van der Waals surface area contributed by atoms with E-state index in [2.05, 4.69) is 58.9 Å². The summed E-state index contributed by atoms with van der Waals surface area (Å²) in [5.74, 6) is -2.09. The Morgan fingerprint density at radius 1 is 1.05 bits per heavy atom. The van der Waals surface area contributed by atoms with E-state index in [-0.39, 0.29) is 25.2 Å². The summed E-state index contributed by atoms with van der Waals surface area (Å²) >= 11 is 0. The van der Waals surface area contributed by atoms with Crippen molar-refractivity contribution in [3.63, 3.8) is 0 Å². The van der Waals surface area contributed by atoms with Gasteiger partial charge in [0.1, 0.15) is 17.7 Å². The summed E-state index contributed by atoms with van der Waals surface area (Å²) in [5.41, 5.74) is -0.767. The number of piperidine rings is 1. The number of carboxylic acid groups (broad SMARTS) is 1. The van der Waals surface area contributed by atoms with E-state index in [0.717, 1.165) is 19.2 Å². The van der Waals surface area contributed by atoms with Gasteiger partial charge in [-0.2, -0.15) is 0 Å². The molecule has 1 heterocycles. The molecule has 1 aliphatic rings. The Labute approximate surface area is 248 Å². The van der Waals surface area contributed by atoms with Crippen LogP contribution in [0.2, 0.25) is 0 Å². The molecule has 0 aromatic heterocycles. The molecule has 228 valence electrons. The van der Waals surface area contributed by atoms with Crippen molar-refractivity contribution in [1.29, 1.82) is 0 Å². The number of benzene rings is 2. The summed E-state index contributed by atoms with van der Waals surface area (Å²) in [6.45, 7) is 11.9. The number of carbonyl (C=O) groups is 4. The van der Waals surface area contributed by atoms with Crippen LogP contribution in [0.4, 0.5) is 4.79 Å². The zero-order chi connectivity index (χ0) is 31.1. The van der Waals surface area contributed by atoms with Crippen LogP contribution >= 0.6 is 0 Å². The van der Waals surface area contributed by atoms with E-state index in [1.807, 2.05) is 6.07 Å². The second kappa shape index (κ2) is 13.8. The molecule has 10 nitrogen and oxygen atoms in total. The maximum atomic E-state index is 13.3. The zero-order valence-corrected chi connectivity index (χ0v) is 25.5. The molecule has 42 heavy (non-hydrogen) atoms. The van der Waals surface area contributed by atoms with Crippen molar-refractivity contribution < 1.29 is 29.0 Å². The van der Waals surface area contributed by atoms with Crippen molar-refractivity contribution in [2.24, 2.45) is 0 Å². The van der Waals surface area contributed by atoms with Crippen LogP contribution in [0, 0.1) is 0 Å². The number of nitrogens with one attached hydrogen (secondary N) is 2. The summed E-state index contributed by atoms with van der Waals surface area (Å²) < 4.78 is 5.67. The number of aliphatic carboxylic acids is 1. The number of carbonyl (C=O) groups excluding carboxylic acids is 3. The highest BCUT2D eigenvalue weighted by Gasteiger charge is 2.36. The monoisotopic (exact) mass is 580 g/mol. The third-order valence-corrected chi connectivity index (χ3v) is 7.36. The zero-order valence-electron chi connectivity index (χ0n) is 25.5. The lowest BCUT2D eigenvalue weighted by Gasteiger charge is -2.41. The first-order valence-corrected chi connectivity index (χ1v) is 14.4. The molecule has 0 spiro atoms. The van der Waals surface area contributed by atoms with Crippen LogP contribution in [0.3, 0.4) is 0 Å². The molecule has 1 saturated heterocycles. The average Bonchev–Trinajstić information content (AvgIpc) is 2.92. The van der Waals surface area contributed by atoms with Gasteiger partial charge >= 0.3 is 12.1 Å². The molecular formula is C32H44N4O6. The largest absolute Gasteiger partial charge is 0.478 e.